The zero-order valence-corrected chi connectivity index (χ0v) is 12.7. The summed E-state index contributed by atoms with van der Waals surface area (Å²) in [5.41, 5.74) is 6.89. The van der Waals surface area contributed by atoms with E-state index in [2.05, 4.69) is 15.9 Å². The predicted molar refractivity (Wildman–Crippen MR) is 79.9 cm³/mol. The van der Waals surface area contributed by atoms with Crippen LogP contribution in [0.25, 0.3) is 0 Å². The van der Waals surface area contributed by atoms with Crippen LogP contribution in [0.3, 0.4) is 0 Å². The first-order valence-corrected chi connectivity index (χ1v) is 6.95. The van der Waals surface area contributed by atoms with Crippen LogP contribution in [0, 0.1) is 0 Å². The Balaban J connectivity index is 3.02. The highest BCUT2D eigenvalue weighted by atomic mass is 79.9. The lowest BCUT2D eigenvalue weighted by Crippen LogP contribution is -2.27. The zero-order valence-electron chi connectivity index (χ0n) is 11.1. The molecule has 5 nitrogen and oxygen atoms in total. The molecule has 1 aromatic rings. The Labute approximate surface area is 121 Å². The summed E-state index contributed by atoms with van der Waals surface area (Å²) >= 11 is 3.43. The van der Waals surface area contributed by atoms with E-state index in [-0.39, 0.29) is 11.3 Å². The third-order valence-electron chi connectivity index (χ3n) is 2.78. The molecule has 0 saturated carbocycles. The van der Waals surface area contributed by atoms with Gasteiger partial charge in [-0.2, -0.15) is 0 Å². The fourth-order valence-electron chi connectivity index (χ4n) is 1.77. The van der Waals surface area contributed by atoms with Crippen molar-refractivity contribution < 1.29 is 14.6 Å². The van der Waals surface area contributed by atoms with Gasteiger partial charge in [-0.05, 0) is 41.9 Å². The normalized spacial score (nSPS) is 10.5. The monoisotopic (exact) mass is 330 g/mol. The molecule has 6 heteroatoms. The Bertz CT molecular complexity index is 452. The highest BCUT2D eigenvalue weighted by molar-refractivity contribution is 9.10. The molecule has 19 heavy (non-hydrogen) atoms. The molecule has 0 radical (unpaired) electrons. The average molecular weight is 331 g/mol. The van der Waals surface area contributed by atoms with Gasteiger partial charge in [-0.25, -0.2) is 4.79 Å². The van der Waals surface area contributed by atoms with Gasteiger partial charge in [0, 0.05) is 29.9 Å². The maximum Gasteiger partial charge on any atom is 0.337 e. The van der Waals surface area contributed by atoms with Crippen LogP contribution in [0.2, 0.25) is 0 Å². The molecular formula is C13H19BrN2O3. The van der Waals surface area contributed by atoms with Gasteiger partial charge in [0.05, 0.1) is 17.9 Å². The number of carbonyl (C=O) groups is 1. The van der Waals surface area contributed by atoms with Gasteiger partial charge in [-0.3, -0.25) is 0 Å². The molecule has 0 aliphatic heterocycles. The molecule has 1 rings (SSSR count). The quantitative estimate of drug-likeness (QED) is 0.593. The summed E-state index contributed by atoms with van der Waals surface area (Å²) < 4.78 is 6.12. The third-order valence-corrected chi connectivity index (χ3v) is 3.42. The van der Waals surface area contributed by atoms with Crippen molar-refractivity contribution in [1.82, 2.24) is 0 Å². The van der Waals surface area contributed by atoms with Gasteiger partial charge in [0.15, 0.2) is 0 Å². The summed E-state index contributed by atoms with van der Waals surface area (Å²) in [6.45, 7) is 6.68. The van der Waals surface area contributed by atoms with Crippen LogP contribution >= 0.6 is 15.9 Å². The summed E-state index contributed by atoms with van der Waals surface area (Å²) in [5, 5.41) is 9.11. The van der Waals surface area contributed by atoms with Crippen molar-refractivity contribution in [1.29, 1.82) is 0 Å². The Morgan fingerprint density at radius 2 is 2.16 bits per heavy atom. The maximum absolute atomic E-state index is 11.1. The topological polar surface area (TPSA) is 75.8 Å². The Morgan fingerprint density at radius 1 is 1.47 bits per heavy atom. The fourth-order valence-corrected chi connectivity index (χ4v) is 2.38. The van der Waals surface area contributed by atoms with Crippen molar-refractivity contribution in [2.75, 3.05) is 36.9 Å². The van der Waals surface area contributed by atoms with Crippen molar-refractivity contribution in [3.8, 4) is 0 Å². The molecular weight excluding hydrogens is 312 g/mol. The number of likely N-dealkylation sites (N-methyl/N-ethyl adjacent to an activating group) is 1. The highest BCUT2D eigenvalue weighted by Gasteiger charge is 2.15. The van der Waals surface area contributed by atoms with Crippen molar-refractivity contribution in [2.45, 2.75) is 13.8 Å². The molecule has 1 aromatic carbocycles. The van der Waals surface area contributed by atoms with Crippen LogP contribution in [0.5, 0.6) is 0 Å². The van der Waals surface area contributed by atoms with Crippen LogP contribution in [0.4, 0.5) is 11.4 Å². The maximum atomic E-state index is 11.1. The molecule has 0 heterocycles. The van der Waals surface area contributed by atoms with E-state index in [1.807, 2.05) is 18.7 Å². The average Bonchev–Trinajstić information content (AvgIpc) is 2.35. The molecule has 0 aliphatic carbocycles. The molecule has 0 saturated heterocycles. The molecule has 0 unspecified atom stereocenters. The number of anilines is 2. The number of nitrogen functional groups attached to an aromatic ring is 1. The second-order valence-corrected chi connectivity index (χ2v) is 4.83. The summed E-state index contributed by atoms with van der Waals surface area (Å²) in [5.74, 6) is -1.02. The number of benzene rings is 1. The highest BCUT2D eigenvalue weighted by Crippen LogP contribution is 2.31. The van der Waals surface area contributed by atoms with E-state index in [0.717, 1.165) is 16.7 Å². The largest absolute Gasteiger partial charge is 0.478 e. The second kappa shape index (κ2) is 7.35. The van der Waals surface area contributed by atoms with Crippen LogP contribution in [-0.4, -0.2) is 37.4 Å². The summed E-state index contributed by atoms with van der Waals surface area (Å²) in [4.78, 5) is 13.2. The number of rotatable bonds is 7. The van der Waals surface area contributed by atoms with Crippen LogP contribution < -0.4 is 10.6 Å². The van der Waals surface area contributed by atoms with E-state index < -0.39 is 5.97 Å². The van der Waals surface area contributed by atoms with Gasteiger partial charge in [0.1, 0.15) is 0 Å². The number of carboxylic acid groups (broad SMARTS) is 1. The minimum absolute atomic E-state index is 0.119. The molecule has 0 aliphatic rings. The number of aromatic carboxylic acids is 1. The van der Waals surface area contributed by atoms with E-state index in [9.17, 15) is 4.79 Å². The Hall–Kier alpha value is -1.27. The first-order chi connectivity index (χ1) is 9.01. The van der Waals surface area contributed by atoms with Gasteiger partial charge in [-0.1, -0.05) is 0 Å². The molecule has 106 valence electrons. The molecule has 0 spiro atoms. The number of nitrogens with two attached hydrogens (primary N) is 1. The van der Waals surface area contributed by atoms with Crippen molar-refractivity contribution in [2.24, 2.45) is 0 Å². The predicted octanol–water partition coefficient (Wildman–Crippen LogP) is 2.59. The minimum Gasteiger partial charge on any atom is -0.478 e. The standard InChI is InChI=1S/C13H19BrN2O3/c1-3-16(5-6-19-4-2)12-7-9(13(17)18)11(15)8-10(12)14/h7-8H,3-6,15H2,1-2H3,(H,17,18). The molecule has 0 atom stereocenters. The summed E-state index contributed by atoms with van der Waals surface area (Å²) in [6.07, 6.45) is 0. The van der Waals surface area contributed by atoms with E-state index in [4.69, 9.17) is 15.6 Å². The van der Waals surface area contributed by atoms with Crippen LogP contribution in [0.15, 0.2) is 16.6 Å². The smallest absolute Gasteiger partial charge is 0.337 e. The lowest BCUT2D eigenvalue weighted by atomic mass is 10.1. The lowest BCUT2D eigenvalue weighted by Gasteiger charge is -2.25. The van der Waals surface area contributed by atoms with Crippen molar-refractivity contribution in [3.05, 3.63) is 22.2 Å². The lowest BCUT2D eigenvalue weighted by molar-refractivity contribution is 0.0698. The van der Waals surface area contributed by atoms with Gasteiger partial charge < -0.3 is 20.5 Å². The van der Waals surface area contributed by atoms with Crippen molar-refractivity contribution >= 4 is 33.3 Å². The van der Waals surface area contributed by atoms with E-state index in [1.54, 1.807) is 12.1 Å². The molecule has 3 N–H and O–H groups in total. The van der Waals surface area contributed by atoms with E-state index in [1.165, 1.54) is 0 Å². The number of halogens is 1. The Morgan fingerprint density at radius 3 is 2.68 bits per heavy atom. The summed E-state index contributed by atoms with van der Waals surface area (Å²) in [7, 11) is 0. The number of carboxylic acids is 1. The number of ether oxygens (including phenoxy) is 1. The molecule has 0 fully saturated rings. The Kier molecular flexibility index (Phi) is 6.11. The van der Waals surface area contributed by atoms with Gasteiger partial charge >= 0.3 is 5.97 Å². The van der Waals surface area contributed by atoms with Gasteiger partial charge in [0.25, 0.3) is 0 Å². The second-order valence-electron chi connectivity index (χ2n) is 3.97. The minimum atomic E-state index is -1.02. The van der Waals surface area contributed by atoms with Gasteiger partial charge in [0.2, 0.25) is 0 Å². The zero-order chi connectivity index (χ0) is 14.4. The van der Waals surface area contributed by atoms with E-state index >= 15 is 0 Å². The van der Waals surface area contributed by atoms with Crippen LogP contribution in [0.1, 0.15) is 24.2 Å². The van der Waals surface area contributed by atoms with Crippen LogP contribution in [-0.2, 0) is 4.74 Å². The van der Waals surface area contributed by atoms with E-state index in [0.29, 0.717) is 19.8 Å². The van der Waals surface area contributed by atoms with Crippen molar-refractivity contribution in [3.63, 3.8) is 0 Å². The third kappa shape index (κ3) is 4.11. The van der Waals surface area contributed by atoms with Gasteiger partial charge in [-0.15, -0.1) is 0 Å². The number of hydrogen-bond donors (Lipinski definition) is 2. The molecule has 0 aromatic heterocycles. The SMILES string of the molecule is CCOCCN(CC)c1cc(C(=O)O)c(N)cc1Br. The molecule has 0 bridgehead atoms. The fraction of sp³-hybridized carbons (Fsp3) is 0.462. The first-order valence-electron chi connectivity index (χ1n) is 6.16. The summed E-state index contributed by atoms with van der Waals surface area (Å²) in [6, 6.07) is 3.22. The first kappa shape index (κ1) is 15.8. The molecule has 0 amide bonds. The number of nitrogens with zero attached hydrogens (tertiary/aromatic N) is 1. The number of hydrogen-bond acceptors (Lipinski definition) is 4.